The molecule has 2 rings (SSSR count). The molecule has 0 amide bonds. The highest BCUT2D eigenvalue weighted by atomic mass is 19.1. The minimum absolute atomic E-state index is 0.151. The number of halogens is 1. The minimum atomic E-state index is -0.151. The fourth-order valence-corrected chi connectivity index (χ4v) is 2.26. The molecule has 1 aliphatic rings. The molecule has 1 nitrogen and oxygen atoms in total. The summed E-state index contributed by atoms with van der Waals surface area (Å²) in [5.41, 5.74) is 2.09. The lowest BCUT2D eigenvalue weighted by Gasteiger charge is -2.24. The SMILES string of the molecule is Cc1cc(F)ccc1NC1CCCCC1. The Kier molecular flexibility index (Phi) is 3.24. The van der Waals surface area contributed by atoms with E-state index in [1.165, 1.54) is 38.2 Å². The molecule has 1 fully saturated rings. The third-order valence-corrected chi connectivity index (χ3v) is 3.15. The number of nitrogens with one attached hydrogen (secondary N) is 1. The molecule has 0 aliphatic heterocycles. The van der Waals surface area contributed by atoms with Gasteiger partial charge in [0.05, 0.1) is 0 Å². The molecular weight excluding hydrogens is 189 g/mol. The fraction of sp³-hybridized carbons (Fsp3) is 0.538. The third kappa shape index (κ3) is 2.71. The van der Waals surface area contributed by atoms with E-state index < -0.39 is 0 Å². The maximum Gasteiger partial charge on any atom is 0.123 e. The van der Waals surface area contributed by atoms with E-state index in [9.17, 15) is 4.39 Å². The number of anilines is 1. The van der Waals surface area contributed by atoms with Crippen molar-refractivity contribution in [2.24, 2.45) is 0 Å². The van der Waals surface area contributed by atoms with E-state index in [2.05, 4.69) is 5.32 Å². The summed E-state index contributed by atoms with van der Waals surface area (Å²) in [5.74, 6) is -0.151. The first kappa shape index (κ1) is 10.5. The fourth-order valence-electron chi connectivity index (χ4n) is 2.26. The Morgan fingerprint density at radius 2 is 1.93 bits per heavy atom. The lowest BCUT2D eigenvalue weighted by molar-refractivity contribution is 0.462. The minimum Gasteiger partial charge on any atom is -0.382 e. The van der Waals surface area contributed by atoms with Gasteiger partial charge in [0.25, 0.3) is 0 Å². The van der Waals surface area contributed by atoms with Crippen LogP contribution in [0.1, 0.15) is 37.7 Å². The third-order valence-electron chi connectivity index (χ3n) is 3.15. The predicted octanol–water partition coefficient (Wildman–Crippen LogP) is 3.88. The topological polar surface area (TPSA) is 12.0 Å². The molecule has 1 saturated carbocycles. The molecule has 0 unspecified atom stereocenters. The summed E-state index contributed by atoms with van der Waals surface area (Å²) in [6, 6.07) is 5.55. The van der Waals surface area contributed by atoms with Crippen molar-refractivity contribution in [2.45, 2.75) is 45.1 Å². The second kappa shape index (κ2) is 4.65. The molecule has 1 N–H and O–H groups in total. The summed E-state index contributed by atoms with van der Waals surface area (Å²) in [4.78, 5) is 0. The largest absolute Gasteiger partial charge is 0.382 e. The maximum absolute atomic E-state index is 12.9. The molecule has 0 radical (unpaired) electrons. The van der Waals surface area contributed by atoms with Gasteiger partial charge in [-0.3, -0.25) is 0 Å². The molecule has 1 aromatic carbocycles. The first-order valence-electron chi connectivity index (χ1n) is 5.78. The van der Waals surface area contributed by atoms with E-state index in [0.717, 1.165) is 11.3 Å². The van der Waals surface area contributed by atoms with Crippen LogP contribution in [0, 0.1) is 12.7 Å². The maximum atomic E-state index is 12.9. The van der Waals surface area contributed by atoms with Gasteiger partial charge in [-0.05, 0) is 43.5 Å². The van der Waals surface area contributed by atoms with Crippen molar-refractivity contribution in [1.29, 1.82) is 0 Å². The normalized spacial score (nSPS) is 17.7. The molecule has 15 heavy (non-hydrogen) atoms. The van der Waals surface area contributed by atoms with Crippen molar-refractivity contribution in [2.75, 3.05) is 5.32 Å². The van der Waals surface area contributed by atoms with Crippen LogP contribution in [-0.2, 0) is 0 Å². The summed E-state index contributed by atoms with van der Waals surface area (Å²) in [6.45, 7) is 1.95. The lowest BCUT2D eigenvalue weighted by Crippen LogP contribution is -2.22. The first-order valence-corrected chi connectivity index (χ1v) is 5.78. The molecule has 0 atom stereocenters. The Balaban J connectivity index is 2.03. The van der Waals surface area contributed by atoms with Gasteiger partial charge in [-0.2, -0.15) is 0 Å². The van der Waals surface area contributed by atoms with Gasteiger partial charge in [-0.15, -0.1) is 0 Å². The van der Waals surface area contributed by atoms with Crippen molar-refractivity contribution in [1.82, 2.24) is 0 Å². The van der Waals surface area contributed by atoms with Crippen LogP contribution < -0.4 is 5.32 Å². The predicted molar refractivity (Wildman–Crippen MR) is 61.6 cm³/mol. The van der Waals surface area contributed by atoms with Gasteiger partial charge in [0, 0.05) is 11.7 Å². The Morgan fingerprint density at radius 3 is 2.60 bits per heavy atom. The van der Waals surface area contributed by atoms with Gasteiger partial charge in [-0.25, -0.2) is 4.39 Å². The van der Waals surface area contributed by atoms with E-state index in [0.29, 0.717) is 6.04 Å². The molecule has 82 valence electrons. The van der Waals surface area contributed by atoms with Gasteiger partial charge < -0.3 is 5.32 Å². The molecule has 0 saturated heterocycles. The van der Waals surface area contributed by atoms with Gasteiger partial charge >= 0.3 is 0 Å². The highest BCUT2D eigenvalue weighted by Crippen LogP contribution is 2.23. The molecule has 0 aromatic heterocycles. The van der Waals surface area contributed by atoms with E-state index in [-0.39, 0.29) is 5.82 Å². The Labute approximate surface area is 90.7 Å². The summed E-state index contributed by atoms with van der Waals surface area (Å²) >= 11 is 0. The molecule has 1 aromatic rings. The zero-order valence-electron chi connectivity index (χ0n) is 9.22. The van der Waals surface area contributed by atoms with Gasteiger partial charge in [0.2, 0.25) is 0 Å². The van der Waals surface area contributed by atoms with Crippen LogP contribution in [0.3, 0.4) is 0 Å². The van der Waals surface area contributed by atoms with Crippen molar-refractivity contribution in [3.8, 4) is 0 Å². The van der Waals surface area contributed by atoms with Crippen LogP contribution in [0.4, 0.5) is 10.1 Å². The zero-order valence-corrected chi connectivity index (χ0v) is 9.22. The molecule has 2 heteroatoms. The van der Waals surface area contributed by atoms with Crippen molar-refractivity contribution < 1.29 is 4.39 Å². The molecule has 0 heterocycles. The van der Waals surface area contributed by atoms with E-state index in [4.69, 9.17) is 0 Å². The number of rotatable bonds is 2. The molecular formula is C13H18FN. The van der Waals surface area contributed by atoms with Crippen LogP contribution in [0.15, 0.2) is 18.2 Å². The van der Waals surface area contributed by atoms with E-state index >= 15 is 0 Å². The second-order valence-electron chi connectivity index (χ2n) is 4.44. The smallest absolute Gasteiger partial charge is 0.123 e. The van der Waals surface area contributed by atoms with Gasteiger partial charge in [0.1, 0.15) is 5.82 Å². The van der Waals surface area contributed by atoms with Crippen LogP contribution in [0.2, 0.25) is 0 Å². The number of hydrogen-bond donors (Lipinski definition) is 1. The Bertz CT molecular complexity index is 329. The monoisotopic (exact) mass is 207 g/mol. The Morgan fingerprint density at radius 1 is 1.20 bits per heavy atom. The zero-order chi connectivity index (χ0) is 10.7. The highest BCUT2D eigenvalue weighted by Gasteiger charge is 2.13. The van der Waals surface area contributed by atoms with Crippen LogP contribution in [-0.4, -0.2) is 6.04 Å². The van der Waals surface area contributed by atoms with E-state index in [1.807, 2.05) is 13.0 Å². The quantitative estimate of drug-likeness (QED) is 0.776. The van der Waals surface area contributed by atoms with Gasteiger partial charge in [0.15, 0.2) is 0 Å². The summed E-state index contributed by atoms with van der Waals surface area (Å²) in [6.07, 6.45) is 6.49. The number of hydrogen-bond acceptors (Lipinski definition) is 1. The number of benzene rings is 1. The van der Waals surface area contributed by atoms with Gasteiger partial charge in [-0.1, -0.05) is 19.3 Å². The van der Waals surface area contributed by atoms with Crippen molar-refractivity contribution in [3.63, 3.8) is 0 Å². The summed E-state index contributed by atoms with van der Waals surface area (Å²) in [7, 11) is 0. The van der Waals surface area contributed by atoms with Crippen LogP contribution >= 0.6 is 0 Å². The first-order chi connectivity index (χ1) is 7.25. The van der Waals surface area contributed by atoms with Crippen LogP contribution in [0.25, 0.3) is 0 Å². The molecule has 0 bridgehead atoms. The molecule has 1 aliphatic carbocycles. The number of aryl methyl sites for hydroxylation is 1. The van der Waals surface area contributed by atoms with Crippen molar-refractivity contribution in [3.05, 3.63) is 29.6 Å². The standard InChI is InChI=1S/C13H18FN/c1-10-9-11(14)7-8-13(10)15-12-5-3-2-4-6-12/h7-9,12,15H,2-6H2,1H3. The molecule has 0 spiro atoms. The summed E-state index contributed by atoms with van der Waals surface area (Å²) < 4.78 is 12.9. The van der Waals surface area contributed by atoms with Crippen LogP contribution in [0.5, 0.6) is 0 Å². The second-order valence-corrected chi connectivity index (χ2v) is 4.44. The van der Waals surface area contributed by atoms with E-state index in [1.54, 1.807) is 6.07 Å². The summed E-state index contributed by atoms with van der Waals surface area (Å²) in [5, 5.41) is 3.51. The average Bonchev–Trinajstić information content (AvgIpc) is 2.24. The lowest BCUT2D eigenvalue weighted by atomic mass is 9.95. The van der Waals surface area contributed by atoms with Crippen molar-refractivity contribution >= 4 is 5.69 Å². The highest BCUT2D eigenvalue weighted by molar-refractivity contribution is 5.51. The average molecular weight is 207 g/mol. The Hall–Kier alpha value is -1.05.